The van der Waals surface area contributed by atoms with Crippen LogP contribution in [0.25, 0.3) is 0 Å². The van der Waals surface area contributed by atoms with Gasteiger partial charge in [-0.3, -0.25) is 15.5 Å². The Morgan fingerprint density at radius 2 is 1.70 bits per heavy atom. The second-order valence-electron chi connectivity index (χ2n) is 5.07. The third-order valence-corrected chi connectivity index (χ3v) is 3.49. The van der Waals surface area contributed by atoms with E-state index in [0.717, 1.165) is 5.56 Å². The molecule has 0 saturated carbocycles. The molecule has 0 aromatic heterocycles. The Labute approximate surface area is 131 Å². The lowest BCUT2D eigenvalue weighted by atomic mass is 10.1. The molecule has 1 heterocycles. The van der Waals surface area contributed by atoms with Gasteiger partial charge in [-0.2, -0.15) is 4.99 Å². The second-order valence-corrected chi connectivity index (χ2v) is 5.07. The summed E-state index contributed by atoms with van der Waals surface area (Å²) in [6, 6.07) is 12.3. The van der Waals surface area contributed by atoms with Gasteiger partial charge in [0.05, 0.1) is 10.6 Å². The maximum absolute atomic E-state index is 12.1. The van der Waals surface area contributed by atoms with Crippen LogP contribution >= 0.6 is 0 Å². The van der Waals surface area contributed by atoms with Gasteiger partial charge >= 0.3 is 6.03 Å². The van der Waals surface area contributed by atoms with E-state index in [1.807, 2.05) is 19.1 Å². The van der Waals surface area contributed by atoms with Crippen LogP contribution in [0.3, 0.4) is 0 Å². The van der Waals surface area contributed by atoms with Gasteiger partial charge in [-0.25, -0.2) is 9.69 Å². The minimum absolute atomic E-state index is 0.0484. The Morgan fingerprint density at radius 3 is 2.26 bits per heavy atom. The molecule has 1 aliphatic rings. The molecule has 0 atom stereocenters. The zero-order valence-corrected chi connectivity index (χ0v) is 12.2. The van der Waals surface area contributed by atoms with Crippen molar-refractivity contribution in [2.75, 3.05) is 4.90 Å². The topological polar surface area (TPSA) is 99.7 Å². The molecule has 1 N–H and O–H groups in total. The monoisotopic (exact) mass is 308 g/mol. The van der Waals surface area contributed by atoms with Crippen LogP contribution in [-0.2, 0) is 0 Å². The first kappa shape index (κ1) is 14.6. The summed E-state index contributed by atoms with van der Waals surface area (Å²) >= 11 is 0. The summed E-state index contributed by atoms with van der Waals surface area (Å²) in [6.07, 6.45) is 0. The zero-order chi connectivity index (χ0) is 16.6. The lowest BCUT2D eigenvalue weighted by Crippen LogP contribution is -2.32. The van der Waals surface area contributed by atoms with E-state index in [2.05, 4.69) is 4.99 Å². The number of amides is 2. The number of carbonyl (C=O) groups is 1. The van der Waals surface area contributed by atoms with Crippen molar-refractivity contribution in [3.63, 3.8) is 0 Å². The number of aliphatic imine (C=N–C) groups is 1. The number of nitrogens with zero attached hydrogens (tertiary/aromatic N) is 3. The highest BCUT2D eigenvalue weighted by molar-refractivity contribution is 6.59. The zero-order valence-electron chi connectivity index (χ0n) is 12.2. The lowest BCUT2D eigenvalue weighted by Gasteiger charge is -2.15. The first-order valence-corrected chi connectivity index (χ1v) is 6.80. The molecule has 23 heavy (non-hydrogen) atoms. The molecule has 0 radical (unpaired) electrons. The van der Waals surface area contributed by atoms with Crippen LogP contribution in [0, 0.1) is 22.4 Å². The minimum atomic E-state index is -0.549. The molecule has 0 saturated heterocycles. The maximum atomic E-state index is 12.1. The Kier molecular flexibility index (Phi) is 3.46. The number of non-ortho nitro benzene ring substituents is 1. The Balaban J connectivity index is 1.92. The summed E-state index contributed by atoms with van der Waals surface area (Å²) < 4.78 is 0. The predicted octanol–water partition coefficient (Wildman–Crippen LogP) is 3.31. The Morgan fingerprint density at radius 1 is 1.09 bits per heavy atom. The number of hydrogen-bond donors (Lipinski definition) is 1. The highest BCUT2D eigenvalue weighted by Crippen LogP contribution is 2.23. The molecule has 7 nitrogen and oxygen atoms in total. The quantitative estimate of drug-likeness (QED) is 0.695. The van der Waals surface area contributed by atoms with Crippen LogP contribution in [0.4, 0.5) is 16.2 Å². The summed E-state index contributed by atoms with van der Waals surface area (Å²) in [5.41, 5.74) is 2.24. The molecule has 114 valence electrons. The average Bonchev–Trinajstić information content (AvgIpc) is 2.83. The summed E-state index contributed by atoms with van der Waals surface area (Å²) in [5.74, 6) is -0.0484. The number of anilines is 1. The van der Waals surface area contributed by atoms with E-state index in [0.29, 0.717) is 11.3 Å². The molecule has 0 bridgehead atoms. The molecule has 3 rings (SSSR count). The SMILES string of the molecule is Cc1ccc(N2C(=N)C(c3ccc([N+](=O)[O-])cc3)=NC2=O)cc1. The van der Waals surface area contributed by atoms with Crippen molar-refractivity contribution in [2.45, 2.75) is 6.92 Å². The van der Waals surface area contributed by atoms with E-state index in [1.54, 1.807) is 12.1 Å². The van der Waals surface area contributed by atoms with Gasteiger partial charge in [-0.15, -0.1) is 0 Å². The highest BCUT2D eigenvalue weighted by atomic mass is 16.6. The molecular formula is C16H12N4O3. The van der Waals surface area contributed by atoms with Crippen LogP contribution < -0.4 is 4.90 Å². The largest absolute Gasteiger partial charge is 0.354 e. The number of nitro benzene ring substituents is 1. The number of amidine groups is 1. The average molecular weight is 308 g/mol. The maximum Gasteiger partial charge on any atom is 0.354 e. The van der Waals surface area contributed by atoms with Gasteiger partial charge in [0.25, 0.3) is 5.69 Å². The van der Waals surface area contributed by atoms with Gasteiger partial charge in [0.1, 0.15) is 5.71 Å². The molecule has 2 amide bonds. The van der Waals surface area contributed by atoms with Crippen molar-refractivity contribution < 1.29 is 9.72 Å². The number of carbonyl (C=O) groups excluding carboxylic acids is 1. The molecule has 7 heteroatoms. The molecule has 0 spiro atoms. The fourth-order valence-electron chi connectivity index (χ4n) is 2.28. The second kappa shape index (κ2) is 5.45. The number of urea groups is 1. The molecule has 2 aromatic rings. The third kappa shape index (κ3) is 2.59. The first-order valence-electron chi connectivity index (χ1n) is 6.80. The number of benzene rings is 2. The molecule has 2 aromatic carbocycles. The van der Waals surface area contributed by atoms with Gasteiger partial charge in [-0.05, 0) is 31.2 Å². The van der Waals surface area contributed by atoms with E-state index < -0.39 is 11.0 Å². The van der Waals surface area contributed by atoms with E-state index in [-0.39, 0.29) is 17.2 Å². The standard InChI is InChI=1S/C16H12N4O3/c1-10-2-6-12(7-3-10)19-15(17)14(18-16(19)21)11-4-8-13(9-5-11)20(22)23/h2-9,17H,1H3. The summed E-state index contributed by atoms with van der Waals surface area (Å²) in [4.78, 5) is 27.4. The fourth-order valence-corrected chi connectivity index (χ4v) is 2.28. The van der Waals surface area contributed by atoms with Gasteiger partial charge in [0.15, 0.2) is 5.84 Å². The van der Waals surface area contributed by atoms with Crippen molar-refractivity contribution in [3.8, 4) is 0 Å². The van der Waals surface area contributed by atoms with E-state index in [1.165, 1.54) is 29.2 Å². The highest BCUT2D eigenvalue weighted by Gasteiger charge is 2.32. The number of nitrogens with one attached hydrogen (secondary N) is 1. The number of nitro groups is 1. The smallest absolute Gasteiger partial charge is 0.282 e. The van der Waals surface area contributed by atoms with Crippen molar-refractivity contribution in [3.05, 3.63) is 69.8 Å². The van der Waals surface area contributed by atoms with Gasteiger partial charge in [0.2, 0.25) is 0 Å². The Bertz CT molecular complexity index is 839. The van der Waals surface area contributed by atoms with E-state index in [4.69, 9.17) is 5.41 Å². The molecule has 0 unspecified atom stereocenters. The van der Waals surface area contributed by atoms with Crippen molar-refractivity contribution in [1.82, 2.24) is 0 Å². The van der Waals surface area contributed by atoms with Crippen LogP contribution in [0.1, 0.15) is 11.1 Å². The summed E-state index contributed by atoms with van der Waals surface area (Å²) in [6.45, 7) is 1.93. The van der Waals surface area contributed by atoms with Crippen molar-refractivity contribution in [2.24, 2.45) is 4.99 Å². The van der Waals surface area contributed by atoms with Gasteiger partial charge in [-0.1, -0.05) is 17.7 Å². The minimum Gasteiger partial charge on any atom is -0.282 e. The lowest BCUT2D eigenvalue weighted by molar-refractivity contribution is -0.384. The number of aryl methyl sites for hydroxylation is 1. The van der Waals surface area contributed by atoms with Gasteiger partial charge in [0, 0.05) is 17.7 Å². The third-order valence-electron chi connectivity index (χ3n) is 3.49. The molecule has 0 fully saturated rings. The predicted molar refractivity (Wildman–Crippen MR) is 86.4 cm³/mol. The van der Waals surface area contributed by atoms with Crippen LogP contribution in [0.15, 0.2) is 53.5 Å². The summed E-state index contributed by atoms with van der Waals surface area (Å²) in [5, 5.41) is 18.9. The van der Waals surface area contributed by atoms with E-state index in [9.17, 15) is 14.9 Å². The summed E-state index contributed by atoms with van der Waals surface area (Å²) in [7, 11) is 0. The van der Waals surface area contributed by atoms with Gasteiger partial charge < -0.3 is 0 Å². The first-order chi connectivity index (χ1) is 11.0. The van der Waals surface area contributed by atoms with Crippen molar-refractivity contribution in [1.29, 1.82) is 5.41 Å². The van der Waals surface area contributed by atoms with Crippen LogP contribution in [0.2, 0.25) is 0 Å². The molecular weight excluding hydrogens is 296 g/mol. The number of rotatable bonds is 3. The van der Waals surface area contributed by atoms with Crippen molar-refractivity contribution >= 4 is 29.0 Å². The Hall–Kier alpha value is -3.35. The normalized spacial score (nSPS) is 14.1. The molecule has 0 aliphatic carbocycles. The fraction of sp³-hybridized carbons (Fsp3) is 0.0625. The van der Waals surface area contributed by atoms with Crippen LogP contribution in [0.5, 0.6) is 0 Å². The number of hydrogen-bond acceptors (Lipinski definition) is 4. The van der Waals surface area contributed by atoms with E-state index >= 15 is 0 Å². The van der Waals surface area contributed by atoms with Crippen LogP contribution in [-0.4, -0.2) is 22.5 Å². The molecule has 1 aliphatic heterocycles.